The molecule has 19 heavy (non-hydrogen) atoms. The van der Waals surface area contributed by atoms with Gasteiger partial charge in [-0.15, -0.1) is 0 Å². The Morgan fingerprint density at radius 2 is 2.05 bits per heavy atom. The normalized spacial score (nSPS) is 17.4. The van der Waals surface area contributed by atoms with Crippen molar-refractivity contribution in [2.24, 2.45) is 0 Å². The minimum atomic E-state index is -3.98. The summed E-state index contributed by atoms with van der Waals surface area (Å²) in [5.74, 6) is -0.934. The van der Waals surface area contributed by atoms with E-state index in [0.717, 1.165) is 6.07 Å². The van der Waals surface area contributed by atoms with Crippen LogP contribution in [0.1, 0.15) is 23.4 Å². The molecule has 0 spiro atoms. The molecule has 0 atom stereocenters. The van der Waals surface area contributed by atoms with Gasteiger partial charge in [-0.2, -0.15) is 0 Å². The average molecular weight is 374 g/mol. The quantitative estimate of drug-likeness (QED) is 0.597. The predicted octanol–water partition coefficient (Wildman–Crippen LogP) is 2.31. The van der Waals surface area contributed by atoms with Gasteiger partial charge in [0.1, 0.15) is 11.0 Å². The second-order valence-electron chi connectivity index (χ2n) is 3.90. The number of esters is 1. The minimum Gasteiger partial charge on any atom is -0.456 e. The summed E-state index contributed by atoms with van der Waals surface area (Å²) in [7, 11) is 1.21. The molecule has 9 heteroatoms. The van der Waals surface area contributed by atoms with Gasteiger partial charge in [0.25, 0.3) is 9.05 Å². The van der Waals surface area contributed by atoms with Crippen molar-refractivity contribution in [3.8, 4) is 0 Å². The van der Waals surface area contributed by atoms with E-state index in [2.05, 4.69) is 15.9 Å². The van der Waals surface area contributed by atoms with Crippen molar-refractivity contribution in [3.63, 3.8) is 0 Å². The average Bonchev–Trinajstić information content (AvgIpc) is 2.72. The molecule has 0 aromatic carbocycles. The number of carbonyl (C=O) groups is 1. The highest BCUT2D eigenvalue weighted by Crippen LogP contribution is 2.29. The molecule has 106 valence electrons. The fourth-order valence-electron chi connectivity index (χ4n) is 1.62. The molecule has 1 aromatic heterocycles. The zero-order valence-corrected chi connectivity index (χ0v) is 12.8. The maximum atomic E-state index is 11.8. The number of furan rings is 1. The van der Waals surface area contributed by atoms with Gasteiger partial charge < -0.3 is 13.9 Å². The second-order valence-corrected chi connectivity index (χ2v) is 7.16. The van der Waals surface area contributed by atoms with Gasteiger partial charge in [0.15, 0.2) is 4.67 Å². The van der Waals surface area contributed by atoms with Gasteiger partial charge in [-0.3, -0.25) is 0 Å². The van der Waals surface area contributed by atoms with Gasteiger partial charge >= 0.3 is 5.97 Å². The maximum Gasteiger partial charge on any atom is 0.374 e. The summed E-state index contributed by atoms with van der Waals surface area (Å²) >= 11 is 2.89. The zero-order chi connectivity index (χ0) is 14.0. The monoisotopic (exact) mass is 372 g/mol. The Morgan fingerprint density at radius 3 is 2.58 bits per heavy atom. The molecule has 1 saturated heterocycles. The molecule has 0 radical (unpaired) electrons. The van der Waals surface area contributed by atoms with E-state index < -0.39 is 15.0 Å². The van der Waals surface area contributed by atoms with Gasteiger partial charge in [-0.25, -0.2) is 13.2 Å². The Labute approximate surface area is 122 Å². The first-order valence-electron chi connectivity index (χ1n) is 5.40. The Kier molecular flexibility index (Phi) is 4.54. The number of rotatable bonds is 3. The van der Waals surface area contributed by atoms with Crippen molar-refractivity contribution in [2.75, 3.05) is 13.2 Å². The third kappa shape index (κ3) is 3.71. The SMILES string of the molecule is O=C(OC1CCOCC1)c1cc(S(=O)(=O)Cl)c(Br)o1. The smallest absolute Gasteiger partial charge is 0.374 e. The minimum absolute atomic E-state index is 0.124. The molecule has 1 fully saturated rings. The first-order valence-corrected chi connectivity index (χ1v) is 8.51. The molecule has 0 saturated carbocycles. The fraction of sp³-hybridized carbons (Fsp3) is 0.500. The highest BCUT2D eigenvalue weighted by molar-refractivity contribution is 9.10. The molecule has 2 heterocycles. The lowest BCUT2D eigenvalue weighted by Gasteiger charge is -2.21. The second kappa shape index (κ2) is 5.82. The van der Waals surface area contributed by atoms with E-state index in [1.807, 2.05) is 0 Å². The van der Waals surface area contributed by atoms with Crippen LogP contribution in [0.25, 0.3) is 0 Å². The molecule has 0 bridgehead atoms. The van der Waals surface area contributed by atoms with E-state index in [0.29, 0.717) is 26.1 Å². The van der Waals surface area contributed by atoms with Crippen molar-refractivity contribution in [2.45, 2.75) is 23.8 Å². The maximum absolute atomic E-state index is 11.8. The van der Waals surface area contributed by atoms with E-state index in [4.69, 9.17) is 24.6 Å². The lowest BCUT2D eigenvalue weighted by Crippen LogP contribution is -2.25. The summed E-state index contributed by atoms with van der Waals surface area (Å²) in [6, 6.07) is 1.04. The van der Waals surface area contributed by atoms with Crippen molar-refractivity contribution >= 4 is 41.6 Å². The lowest BCUT2D eigenvalue weighted by atomic mass is 10.1. The van der Waals surface area contributed by atoms with Crippen LogP contribution < -0.4 is 0 Å². The van der Waals surface area contributed by atoms with Crippen molar-refractivity contribution < 1.29 is 27.1 Å². The summed E-state index contributed by atoms with van der Waals surface area (Å²) in [4.78, 5) is 11.5. The van der Waals surface area contributed by atoms with E-state index in [9.17, 15) is 13.2 Å². The molecule has 0 aliphatic carbocycles. The molecule has 1 aliphatic rings. The molecule has 0 unspecified atom stereocenters. The van der Waals surface area contributed by atoms with Crippen LogP contribution in [0.2, 0.25) is 0 Å². The lowest BCUT2D eigenvalue weighted by molar-refractivity contribution is -0.0180. The highest BCUT2D eigenvalue weighted by Gasteiger charge is 2.26. The van der Waals surface area contributed by atoms with Crippen LogP contribution in [0.5, 0.6) is 0 Å². The Balaban J connectivity index is 2.11. The van der Waals surface area contributed by atoms with E-state index in [1.54, 1.807) is 0 Å². The van der Waals surface area contributed by atoms with Crippen LogP contribution in [0.3, 0.4) is 0 Å². The molecule has 0 amide bonds. The first kappa shape index (κ1) is 14.8. The van der Waals surface area contributed by atoms with Gasteiger partial charge in [0.05, 0.1) is 13.2 Å². The predicted molar refractivity (Wildman–Crippen MR) is 68.7 cm³/mol. The Bertz CT molecular complexity index is 575. The first-order chi connectivity index (χ1) is 8.88. The van der Waals surface area contributed by atoms with Crippen LogP contribution in [-0.4, -0.2) is 33.7 Å². The van der Waals surface area contributed by atoms with Crippen LogP contribution in [-0.2, 0) is 18.5 Å². The van der Waals surface area contributed by atoms with Gasteiger partial charge in [-0.1, -0.05) is 0 Å². The standard InChI is InChI=1S/C10H10BrClO6S/c11-9-8(19(12,14)15)5-7(18-9)10(13)17-6-1-3-16-4-2-6/h5-6H,1-4H2. The van der Waals surface area contributed by atoms with Crippen molar-refractivity contribution in [1.82, 2.24) is 0 Å². The molecule has 1 aromatic rings. The topological polar surface area (TPSA) is 82.8 Å². The van der Waals surface area contributed by atoms with Crippen molar-refractivity contribution in [1.29, 1.82) is 0 Å². The molecule has 1 aliphatic heterocycles. The van der Waals surface area contributed by atoms with E-state index in [-0.39, 0.29) is 21.4 Å². The number of hydrogen-bond acceptors (Lipinski definition) is 6. The molecular weight excluding hydrogens is 364 g/mol. The van der Waals surface area contributed by atoms with Gasteiger partial charge in [0.2, 0.25) is 5.76 Å². The largest absolute Gasteiger partial charge is 0.456 e. The van der Waals surface area contributed by atoms with Crippen LogP contribution in [0, 0.1) is 0 Å². The van der Waals surface area contributed by atoms with E-state index in [1.165, 1.54) is 0 Å². The number of halogens is 2. The number of ether oxygens (including phenoxy) is 2. The van der Waals surface area contributed by atoms with Crippen LogP contribution in [0.4, 0.5) is 0 Å². The summed E-state index contributed by atoms with van der Waals surface area (Å²) in [5.41, 5.74) is 0. The fourth-order valence-corrected chi connectivity index (χ4v) is 3.65. The van der Waals surface area contributed by atoms with Crippen molar-refractivity contribution in [3.05, 3.63) is 16.5 Å². The summed E-state index contributed by atoms with van der Waals surface area (Å²) in [6.07, 6.45) is 0.962. The summed E-state index contributed by atoms with van der Waals surface area (Å²) in [6.45, 7) is 1.06. The third-order valence-corrected chi connectivity index (χ3v) is 4.74. The summed E-state index contributed by atoms with van der Waals surface area (Å²) in [5, 5.41) is 0. The zero-order valence-electron chi connectivity index (χ0n) is 9.60. The number of carbonyl (C=O) groups excluding carboxylic acids is 1. The Hall–Kier alpha value is -0.570. The molecule has 0 N–H and O–H groups in total. The summed E-state index contributed by atoms with van der Waals surface area (Å²) < 4.78 is 37.6. The van der Waals surface area contributed by atoms with Crippen LogP contribution >= 0.6 is 26.6 Å². The third-order valence-electron chi connectivity index (χ3n) is 2.56. The highest BCUT2D eigenvalue weighted by atomic mass is 79.9. The van der Waals surface area contributed by atoms with Gasteiger partial charge in [-0.05, 0) is 15.9 Å². The van der Waals surface area contributed by atoms with Crippen LogP contribution in [0.15, 0.2) is 20.0 Å². The van der Waals surface area contributed by atoms with Gasteiger partial charge in [0, 0.05) is 29.6 Å². The molecular formula is C10H10BrClO6S. The molecule has 6 nitrogen and oxygen atoms in total. The Morgan fingerprint density at radius 1 is 1.42 bits per heavy atom. The van der Waals surface area contributed by atoms with E-state index >= 15 is 0 Å². The molecule has 2 rings (SSSR count). The number of hydrogen-bond donors (Lipinski definition) is 0.